The van der Waals surface area contributed by atoms with Crippen LogP contribution >= 0.6 is 22.9 Å². The molecule has 4 aromatic rings. The topological polar surface area (TPSA) is 64.6 Å². The van der Waals surface area contributed by atoms with Crippen LogP contribution in [0.3, 0.4) is 0 Å². The monoisotopic (exact) mass is 547 g/mol. The van der Waals surface area contributed by atoms with Gasteiger partial charge in [-0.2, -0.15) is 0 Å². The van der Waals surface area contributed by atoms with Crippen molar-refractivity contribution in [1.82, 2.24) is 0 Å². The van der Waals surface area contributed by atoms with E-state index in [1.807, 2.05) is 61.5 Å². The number of benzene rings is 3. The first kappa shape index (κ1) is 27.4. The predicted molar refractivity (Wildman–Crippen MR) is 155 cm³/mol. The molecule has 4 rings (SSSR count). The molecule has 7 heteroatoms. The van der Waals surface area contributed by atoms with Crippen LogP contribution in [0, 0.1) is 6.92 Å². The van der Waals surface area contributed by atoms with E-state index in [1.54, 1.807) is 19.1 Å². The molecular formula is C31H30ClNO4S. The molecule has 0 saturated carbocycles. The van der Waals surface area contributed by atoms with E-state index in [0.29, 0.717) is 21.3 Å². The average Bonchev–Trinajstić information content (AvgIpc) is 3.24. The van der Waals surface area contributed by atoms with Gasteiger partial charge in [0.1, 0.15) is 16.3 Å². The third-order valence-electron chi connectivity index (χ3n) is 6.39. The number of nitrogens with one attached hydrogen (secondary N) is 1. The molecule has 0 atom stereocenters. The fourth-order valence-corrected chi connectivity index (χ4v) is 5.50. The maximum atomic E-state index is 12.9. The van der Waals surface area contributed by atoms with Gasteiger partial charge in [-0.15, -0.1) is 11.3 Å². The van der Waals surface area contributed by atoms with Crippen molar-refractivity contribution in [2.75, 3.05) is 18.5 Å². The lowest BCUT2D eigenvalue weighted by atomic mass is 9.78. The normalized spacial score (nSPS) is 11.2. The summed E-state index contributed by atoms with van der Waals surface area (Å²) < 4.78 is 11.1. The summed E-state index contributed by atoms with van der Waals surface area (Å²) in [7, 11) is 0. The minimum absolute atomic E-state index is 0.167. The Morgan fingerprint density at radius 3 is 2.18 bits per heavy atom. The molecule has 196 valence electrons. The van der Waals surface area contributed by atoms with Gasteiger partial charge in [0.05, 0.1) is 6.61 Å². The number of hydrogen-bond acceptors (Lipinski definition) is 5. The minimum atomic E-state index is -0.491. The van der Waals surface area contributed by atoms with Crippen LogP contribution < -0.4 is 10.1 Å². The summed E-state index contributed by atoms with van der Waals surface area (Å²) in [5, 5.41) is 3.88. The maximum Gasteiger partial charge on any atom is 0.341 e. The molecule has 1 N–H and O–H groups in total. The van der Waals surface area contributed by atoms with Gasteiger partial charge in [0.2, 0.25) is 0 Å². The molecule has 0 bridgehead atoms. The summed E-state index contributed by atoms with van der Waals surface area (Å²) in [6.45, 7) is 8.03. The molecular weight excluding hydrogens is 518 g/mol. The smallest absolute Gasteiger partial charge is 0.341 e. The number of carbonyl (C=O) groups excluding carboxylic acids is 2. The number of halogens is 1. The number of thiophene rings is 1. The zero-order chi connectivity index (χ0) is 27.3. The van der Waals surface area contributed by atoms with Crippen LogP contribution in [0.4, 0.5) is 5.00 Å². The quantitative estimate of drug-likeness (QED) is 0.216. The second-order valence-corrected chi connectivity index (χ2v) is 11.0. The van der Waals surface area contributed by atoms with Crippen LogP contribution in [0.1, 0.15) is 47.1 Å². The number of aryl methyl sites for hydroxylation is 1. The van der Waals surface area contributed by atoms with Gasteiger partial charge >= 0.3 is 5.97 Å². The lowest BCUT2D eigenvalue weighted by Gasteiger charge is -2.26. The lowest BCUT2D eigenvalue weighted by Crippen LogP contribution is -2.21. The van der Waals surface area contributed by atoms with Crippen LogP contribution in [-0.4, -0.2) is 25.1 Å². The van der Waals surface area contributed by atoms with E-state index in [0.717, 1.165) is 21.6 Å². The zero-order valence-electron chi connectivity index (χ0n) is 21.8. The summed E-state index contributed by atoms with van der Waals surface area (Å²) in [4.78, 5) is 26.6. The Labute approximate surface area is 232 Å². The van der Waals surface area contributed by atoms with E-state index in [1.165, 1.54) is 16.9 Å². The molecule has 0 aliphatic rings. The highest BCUT2D eigenvalue weighted by atomic mass is 35.5. The second kappa shape index (κ2) is 11.8. The summed E-state index contributed by atoms with van der Waals surface area (Å²) >= 11 is 7.37. The first-order valence-electron chi connectivity index (χ1n) is 12.4. The van der Waals surface area contributed by atoms with Crippen molar-refractivity contribution in [3.05, 3.63) is 105 Å². The Morgan fingerprint density at radius 2 is 1.55 bits per heavy atom. The number of hydrogen-bond donors (Lipinski definition) is 1. The molecule has 0 spiro atoms. The van der Waals surface area contributed by atoms with Crippen molar-refractivity contribution in [2.24, 2.45) is 0 Å². The molecule has 0 aliphatic heterocycles. The third kappa shape index (κ3) is 6.09. The molecule has 0 radical (unpaired) electrons. The number of anilines is 1. The summed E-state index contributed by atoms with van der Waals surface area (Å²) in [5.74, 6) is -0.273. The highest BCUT2D eigenvalue weighted by Crippen LogP contribution is 2.41. The van der Waals surface area contributed by atoms with Gasteiger partial charge in [-0.25, -0.2) is 4.79 Å². The highest BCUT2D eigenvalue weighted by molar-refractivity contribution is 7.17. The average molecular weight is 548 g/mol. The van der Waals surface area contributed by atoms with Crippen molar-refractivity contribution in [1.29, 1.82) is 0 Å². The third-order valence-corrected chi connectivity index (χ3v) is 7.66. The highest BCUT2D eigenvalue weighted by Gasteiger charge is 2.26. The van der Waals surface area contributed by atoms with Crippen molar-refractivity contribution >= 4 is 39.8 Å². The van der Waals surface area contributed by atoms with E-state index in [2.05, 4.69) is 31.3 Å². The van der Waals surface area contributed by atoms with Crippen molar-refractivity contribution in [3.63, 3.8) is 0 Å². The van der Waals surface area contributed by atoms with Gasteiger partial charge in [0, 0.05) is 20.9 Å². The Hall–Kier alpha value is -3.61. The molecule has 0 aliphatic carbocycles. The minimum Gasteiger partial charge on any atom is -0.484 e. The van der Waals surface area contributed by atoms with Gasteiger partial charge in [0.15, 0.2) is 6.61 Å². The molecule has 0 fully saturated rings. The fraction of sp³-hybridized carbons (Fsp3) is 0.226. The van der Waals surface area contributed by atoms with Crippen molar-refractivity contribution < 1.29 is 19.1 Å². The Balaban J connectivity index is 1.48. The first-order valence-corrected chi connectivity index (χ1v) is 13.5. The number of carbonyl (C=O) groups is 2. The van der Waals surface area contributed by atoms with Crippen molar-refractivity contribution in [3.8, 4) is 16.9 Å². The van der Waals surface area contributed by atoms with E-state index in [9.17, 15) is 9.59 Å². The number of amides is 1. The van der Waals surface area contributed by atoms with E-state index < -0.39 is 5.97 Å². The number of ether oxygens (including phenoxy) is 2. The van der Waals surface area contributed by atoms with Crippen LogP contribution in [0.2, 0.25) is 5.02 Å². The summed E-state index contributed by atoms with van der Waals surface area (Å²) in [6, 6.07) is 25.3. The largest absolute Gasteiger partial charge is 0.484 e. The number of rotatable bonds is 9. The molecule has 38 heavy (non-hydrogen) atoms. The molecule has 0 saturated heterocycles. The van der Waals surface area contributed by atoms with Gasteiger partial charge in [-0.05, 0) is 54.8 Å². The standard InChI is InChI=1S/C31H30ClNO4S/c1-5-36-30(35)28-27(21-11-15-24(32)16-12-21)20(2)38-29(28)33-26(34)19-37-25-17-13-23(14-18-25)31(3,4)22-9-7-6-8-10-22/h6-18H,5,19H2,1-4H3,(H,33,34). The molecule has 5 nitrogen and oxygen atoms in total. The second-order valence-electron chi connectivity index (χ2n) is 9.32. The number of esters is 1. The van der Waals surface area contributed by atoms with Gasteiger partial charge in [-0.1, -0.05) is 80.0 Å². The Bertz CT molecular complexity index is 1410. The first-order chi connectivity index (χ1) is 18.2. The van der Waals surface area contributed by atoms with Crippen LogP contribution in [-0.2, 0) is 14.9 Å². The van der Waals surface area contributed by atoms with E-state index in [4.69, 9.17) is 21.1 Å². The van der Waals surface area contributed by atoms with E-state index >= 15 is 0 Å². The van der Waals surface area contributed by atoms with Crippen LogP contribution in [0.5, 0.6) is 5.75 Å². The zero-order valence-corrected chi connectivity index (χ0v) is 23.4. The maximum absolute atomic E-state index is 12.9. The van der Waals surface area contributed by atoms with E-state index in [-0.39, 0.29) is 24.5 Å². The van der Waals surface area contributed by atoms with Gasteiger partial charge in [0.25, 0.3) is 5.91 Å². The predicted octanol–water partition coefficient (Wildman–Crippen LogP) is 7.90. The molecule has 0 unspecified atom stereocenters. The van der Waals surface area contributed by atoms with Crippen LogP contribution in [0.15, 0.2) is 78.9 Å². The lowest BCUT2D eigenvalue weighted by molar-refractivity contribution is -0.118. The molecule has 1 aromatic heterocycles. The molecule has 3 aromatic carbocycles. The Morgan fingerprint density at radius 1 is 0.921 bits per heavy atom. The summed E-state index contributed by atoms with van der Waals surface area (Å²) in [6.07, 6.45) is 0. The van der Waals surface area contributed by atoms with Gasteiger partial charge < -0.3 is 14.8 Å². The SMILES string of the molecule is CCOC(=O)c1c(NC(=O)COc2ccc(C(C)(C)c3ccccc3)cc2)sc(C)c1-c1ccc(Cl)cc1. The Kier molecular flexibility index (Phi) is 8.55. The molecule has 1 heterocycles. The van der Waals surface area contributed by atoms with Crippen LogP contribution in [0.25, 0.3) is 11.1 Å². The molecule has 1 amide bonds. The fourth-order valence-electron chi connectivity index (χ4n) is 4.30. The van der Waals surface area contributed by atoms with Crippen molar-refractivity contribution in [2.45, 2.75) is 33.1 Å². The summed E-state index contributed by atoms with van der Waals surface area (Å²) in [5.41, 5.74) is 4.06. The van der Waals surface area contributed by atoms with Gasteiger partial charge in [-0.3, -0.25) is 4.79 Å².